The van der Waals surface area contributed by atoms with Crippen LogP contribution in [0, 0.1) is 5.82 Å². The van der Waals surface area contributed by atoms with Crippen molar-refractivity contribution >= 4 is 28.0 Å². The van der Waals surface area contributed by atoms with Gasteiger partial charge in [0.05, 0.1) is 24.6 Å². The zero-order valence-corrected chi connectivity index (χ0v) is 16.5. The summed E-state index contributed by atoms with van der Waals surface area (Å²) in [4.78, 5) is 23.8. The number of hydrogen-bond acceptors (Lipinski definition) is 4. The summed E-state index contributed by atoms with van der Waals surface area (Å²) < 4.78 is 50.7. The second-order valence-electron chi connectivity index (χ2n) is 6.41. The second kappa shape index (κ2) is 9.25. The average molecular weight is 440 g/mol. The number of alkyl carbamates (subject to hydrolysis) is 1. The topological polar surface area (TPSA) is 64.6 Å². The average Bonchev–Trinajstić information content (AvgIpc) is 2.46. The molecule has 1 N–H and O–H groups in total. The Labute approximate surface area is 158 Å². The maximum absolute atomic E-state index is 14.5. The number of rotatable bonds is 6. The zero-order valence-electron chi connectivity index (χ0n) is 14.9. The van der Waals surface area contributed by atoms with Crippen molar-refractivity contribution in [2.75, 3.05) is 6.61 Å². The van der Waals surface area contributed by atoms with Gasteiger partial charge in [-0.05, 0) is 39.8 Å². The first-order valence-electron chi connectivity index (χ1n) is 7.86. The highest BCUT2D eigenvalue weighted by Gasteiger charge is 2.28. The lowest BCUT2D eigenvalue weighted by Crippen LogP contribution is -2.36. The Bertz CT molecular complexity index is 662. The molecule has 0 heterocycles. The Morgan fingerprint density at radius 2 is 1.81 bits per heavy atom. The number of carbonyl (C=O) groups excluding carboxylic acids is 2. The Morgan fingerprint density at radius 3 is 2.31 bits per heavy atom. The SMILES string of the molecule is CCOC(=O)C[C@H](NC(=O)OC(C)(C)C)c1cc(Br)cc(C(F)F)c1F. The molecular weight excluding hydrogens is 419 g/mol. The van der Waals surface area contributed by atoms with Gasteiger partial charge >= 0.3 is 12.1 Å². The highest BCUT2D eigenvalue weighted by atomic mass is 79.9. The van der Waals surface area contributed by atoms with Crippen molar-refractivity contribution in [3.8, 4) is 0 Å². The number of hydrogen-bond donors (Lipinski definition) is 1. The molecule has 146 valence electrons. The van der Waals surface area contributed by atoms with Gasteiger partial charge in [-0.3, -0.25) is 4.79 Å². The van der Waals surface area contributed by atoms with Crippen LogP contribution in [0.4, 0.5) is 18.0 Å². The van der Waals surface area contributed by atoms with Gasteiger partial charge in [0.25, 0.3) is 6.43 Å². The first kappa shape index (κ1) is 22.3. The quantitative estimate of drug-likeness (QED) is 0.630. The van der Waals surface area contributed by atoms with Crippen LogP contribution in [0.1, 0.15) is 57.7 Å². The molecule has 1 atom stereocenters. The molecule has 0 fully saturated rings. The van der Waals surface area contributed by atoms with Crippen molar-refractivity contribution in [1.82, 2.24) is 5.32 Å². The summed E-state index contributed by atoms with van der Waals surface area (Å²) in [5.74, 6) is -1.92. The van der Waals surface area contributed by atoms with E-state index in [0.717, 1.165) is 6.07 Å². The van der Waals surface area contributed by atoms with Crippen molar-refractivity contribution < 1.29 is 32.2 Å². The molecule has 1 amide bonds. The van der Waals surface area contributed by atoms with Gasteiger partial charge in [0.1, 0.15) is 11.4 Å². The molecule has 1 aromatic carbocycles. The van der Waals surface area contributed by atoms with Crippen LogP contribution in [0.15, 0.2) is 16.6 Å². The molecule has 0 spiro atoms. The summed E-state index contributed by atoms with van der Waals surface area (Å²) in [7, 11) is 0. The standard InChI is InChI=1S/C17H21BrF3NO4/c1-5-25-13(23)8-12(22-16(24)26-17(2,3)4)10-6-9(18)7-11(14(10)19)15(20)21/h6-7,12,15H,5,8H2,1-4H3,(H,22,24)/t12-/m0/s1. The summed E-state index contributed by atoms with van der Waals surface area (Å²) >= 11 is 3.04. The Kier molecular flexibility index (Phi) is 7.92. The van der Waals surface area contributed by atoms with Crippen molar-refractivity contribution in [2.45, 2.75) is 52.2 Å². The number of benzene rings is 1. The van der Waals surface area contributed by atoms with E-state index in [9.17, 15) is 22.8 Å². The monoisotopic (exact) mass is 439 g/mol. The van der Waals surface area contributed by atoms with E-state index in [1.54, 1.807) is 27.7 Å². The largest absolute Gasteiger partial charge is 0.466 e. The Hall–Kier alpha value is -1.77. The third-order valence-corrected chi connectivity index (χ3v) is 3.53. The number of halogens is 4. The number of esters is 1. The van der Waals surface area contributed by atoms with E-state index in [0.29, 0.717) is 0 Å². The molecule has 26 heavy (non-hydrogen) atoms. The molecule has 0 unspecified atom stereocenters. The molecule has 0 aliphatic heterocycles. The van der Waals surface area contributed by atoms with Gasteiger partial charge in [-0.1, -0.05) is 15.9 Å². The summed E-state index contributed by atoms with van der Waals surface area (Å²) in [5, 5.41) is 2.35. The van der Waals surface area contributed by atoms with Crippen LogP contribution in [0.25, 0.3) is 0 Å². The smallest absolute Gasteiger partial charge is 0.408 e. The van der Waals surface area contributed by atoms with Crippen LogP contribution < -0.4 is 5.32 Å². The number of carbonyl (C=O) groups is 2. The molecule has 0 saturated heterocycles. The van der Waals surface area contributed by atoms with Crippen LogP contribution in [0.2, 0.25) is 0 Å². The number of ether oxygens (including phenoxy) is 2. The highest BCUT2D eigenvalue weighted by Crippen LogP contribution is 2.32. The molecule has 0 aromatic heterocycles. The van der Waals surface area contributed by atoms with E-state index in [2.05, 4.69) is 21.2 Å². The van der Waals surface area contributed by atoms with E-state index < -0.39 is 47.9 Å². The normalized spacial score (nSPS) is 12.7. The van der Waals surface area contributed by atoms with Crippen molar-refractivity contribution in [2.24, 2.45) is 0 Å². The number of alkyl halides is 2. The van der Waals surface area contributed by atoms with Gasteiger partial charge in [0.2, 0.25) is 0 Å². The van der Waals surface area contributed by atoms with Crippen LogP contribution in [0.5, 0.6) is 0 Å². The molecule has 0 aliphatic carbocycles. The predicted molar refractivity (Wildman–Crippen MR) is 92.4 cm³/mol. The van der Waals surface area contributed by atoms with Gasteiger partial charge in [-0.25, -0.2) is 18.0 Å². The third kappa shape index (κ3) is 6.86. The Balaban J connectivity index is 3.23. The van der Waals surface area contributed by atoms with Crippen LogP contribution in [-0.2, 0) is 14.3 Å². The lowest BCUT2D eigenvalue weighted by Gasteiger charge is -2.24. The van der Waals surface area contributed by atoms with Gasteiger partial charge < -0.3 is 14.8 Å². The lowest BCUT2D eigenvalue weighted by molar-refractivity contribution is -0.143. The highest BCUT2D eigenvalue weighted by molar-refractivity contribution is 9.10. The van der Waals surface area contributed by atoms with Crippen LogP contribution in [0.3, 0.4) is 0 Å². The summed E-state index contributed by atoms with van der Waals surface area (Å²) in [6.07, 6.45) is -4.41. The summed E-state index contributed by atoms with van der Waals surface area (Å²) in [5.41, 5.74) is -1.94. The van der Waals surface area contributed by atoms with Gasteiger partial charge in [0.15, 0.2) is 0 Å². The minimum Gasteiger partial charge on any atom is -0.466 e. The molecule has 0 radical (unpaired) electrons. The first-order valence-corrected chi connectivity index (χ1v) is 8.66. The third-order valence-electron chi connectivity index (χ3n) is 3.07. The number of nitrogens with one attached hydrogen (secondary N) is 1. The Morgan fingerprint density at radius 1 is 1.23 bits per heavy atom. The summed E-state index contributed by atoms with van der Waals surface area (Å²) in [6, 6.07) is 0.930. The predicted octanol–water partition coefficient (Wildman–Crippen LogP) is 5.04. The van der Waals surface area contributed by atoms with E-state index in [1.165, 1.54) is 6.07 Å². The molecule has 9 heteroatoms. The van der Waals surface area contributed by atoms with Gasteiger partial charge in [-0.2, -0.15) is 0 Å². The van der Waals surface area contributed by atoms with Crippen LogP contribution >= 0.6 is 15.9 Å². The molecular formula is C17H21BrF3NO4. The molecule has 0 saturated carbocycles. The molecule has 5 nitrogen and oxygen atoms in total. The molecule has 0 aliphatic rings. The maximum atomic E-state index is 14.5. The fraction of sp³-hybridized carbons (Fsp3) is 0.529. The second-order valence-corrected chi connectivity index (χ2v) is 7.32. The van der Waals surface area contributed by atoms with Crippen molar-refractivity contribution in [3.63, 3.8) is 0 Å². The minimum absolute atomic E-state index is 0.0846. The minimum atomic E-state index is -3.06. The van der Waals surface area contributed by atoms with Crippen LogP contribution in [-0.4, -0.2) is 24.3 Å². The zero-order chi connectivity index (χ0) is 20.1. The molecule has 0 bridgehead atoms. The van der Waals surface area contributed by atoms with E-state index in [4.69, 9.17) is 9.47 Å². The molecule has 1 aromatic rings. The fourth-order valence-corrected chi connectivity index (χ4v) is 2.61. The van der Waals surface area contributed by atoms with Crippen molar-refractivity contribution in [1.29, 1.82) is 0 Å². The van der Waals surface area contributed by atoms with E-state index >= 15 is 0 Å². The number of amides is 1. The summed E-state index contributed by atoms with van der Waals surface area (Å²) in [6.45, 7) is 6.55. The van der Waals surface area contributed by atoms with Gasteiger partial charge in [0, 0.05) is 10.0 Å². The first-order chi connectivity index (χ1) is 11.9. The van der Waals surface area contributed by atoms with Gasteiger partial charge in [-0.15, -0.1) is 0 Å². The van der Waals surface area contributed by atoms with E-state index in [1.807, 2.05) is 0 Å². The molecule has 1 rings (SSSR count). The van der Waals surface area contributed by atoms with Crippen molar-refractivity contribution in [3.05, 3.63) is 33.5 Å². The maximum Gasteiger partial charge on any atom is 0.408 e. The lowest BCUT2D eigenvalue weighted by atomic mass is 10.00. The fourth-order valence-electron chi connectivity index (χ4n) is 2.12. The van der Waals surface area contributed by atoms with E-state index in [-0.39, 0.29) is 16.6 Å².